The number of pyridine rings is 1. The van der Waals surface area contributed by atoms with Crippen molar-refractivity contribution in [1.29, 1.82) is 0 Å². The van der Waals surface area contributed by atoms with Crippen LogP contribution in [-0.4, -0.2) is 48.9 Å². The normalized spacial score (nSPS) is 16.9. The molecule has 2 amide bonds. The number of benzene rings is 1. The van der Waals surface area contributed by atoms with E-state index in [0.29, 0.717) is 19.6 Å². The van der Waals surface area contributed by atoms with Gasteiger partial charge >= 0.3 is 0 Å². The summed E-state index contributed by atoms with van der Waals surface area (Å²) in [5, 5.41) is 0. The van der Waals surface area contributed by atoms with Gasteiger partial charge in [-0.3, -0.25) is 14.6 Å². The molecule has 1 fully saturated rings. The topological polar surface area (TPSA) is 79.3 Å². The second-order valence-electron chi connectivity index (χ2n) is 6.78. The molecule has 0 unspecified atom stereocenters. The van der Waals surface area contributed by atoms with Crippen LogP contribution >= 0.6 is 11.7 Å². The van der Waals surface area contributed by atoms with E-state index in [0.717, 1.165) is 22.3 Å². The molecule has 7 nitrogen and oxygen atoms in total. The van der Waals surface area contributed by atoms with Gasteiger partial charge in [-0.15, -0.1) is 0 Å². The fraction of sp³-hybridized carbons (Fsp3) is 0.316. The number of fused-ring (bicyclic) bond motifs is 1. The molecule has 4 rings (SSSR count). The van der Waals surface area contributed by atoms with Crippen molar-refractivity contribution in [2.75, 3.05) is 13.6 Å². The van der Waals surface area contributed by atoms with Crippen molar-refractivity contribution in [1.82, 2.24) is 23.5 Å². The Morgan fingerprint density at radius 1 is 1.26 bits per heavy atom. The first-order chi connectivity index (χ1) is 13.1. The maximum atomic E-state index is 12.8. The van der Waals surface area contributed by atoms with Gasteiger partial charge in [-0.05, 0) is 29.8 Å². The summed E-state index contributed by atoms with van der Waals surface area (Å²) in [5.74, 6) is -0.318. The quantitative estimate of drug-likeness (QED) is 0.676. The number of amides is 2. The highest BCUT2D eigenvalue weighted by molar-refractivity contribution is 7.00. The van der Waals surface area contributed by atoms with E-state index in [1.54, 1.807) is 23.0 Å². The maximum Gasteiger partial charge on any atom is 0.228 e. The number of nitrogens with zero attached hydrogens (tertiary/aromatic N) is 5. The molecule has 8 heteroatoms. The van der Waals surface area contributed by atoms with Crippen LogP contribution in [0.1, 0.15) is 17.7 Å². The highest BCUT2D eigenvalue weighted by Crippen LogP contribution is 2.22. The summed E-state index contributed by atoms with van der Waals surface area (Å²) in [6.07, 6.45) is 1.96. The minimum atomic E-state index is -0.309. The average Bonchev–Trinajstić information content (AvgIpc) is 3.28. The number of hydrogen-bond acceptors (Lipinski definition) is 6. The van der Waals surface area contributed by atoms with Crippen LogP contribution in [0.15, 0.2) is 42.6 Å². The van der Waals surface area contributed by atoms with Crippen molar-refractivity contribution < 1.29 is 9.59 Å². The summed E-state index contributed by atoms with van der Waals surface area (Å²) in [6.45, 7) is 1.37. The molecule has 0 N–H and O–H groups in total. The molecule has 3 aromatic rings. The molecule has 2 aromatic heterocycles. The molecule has 1 aliphatic rings. The van der Waals surface area contributed by atoms with Gasteiger partial charge in [-0.1, -0.05) is 12.1 Å². The molecule has 0 bridgehead atoms. The molecule has 1 atom stereocenters. The Labute approximate surface area is 161 Å². The van der Waals surface area contributed by atoms with Crippen molar-refractivity contribution in [3.63, 3.8) is 0 Å². The van der Waals surface area contributed by atoms with E-state index in [1.165, 1.54) is 11.7 Å². The van der Waals surface area contributed by atoms with Crippen molar-refractivity contribution in [3.8, 4) is 0 Å². The van der Waals surface area contributed by atoms with Crippen LogP contribution in [-0.2, 0) is 22.7 Å². The molecule has 3 heterocycles. The molecule has 27 heavy (non-hydrogen) atoms. The maximum absolute atomic E-state index is 12.8. The summed E-state index contributed by atoms with van der Waals surface area (Å²) < 4.78 is 8.43. The predicted octanol–water partition coefficient (Wildman–Crippen LogP) is 2.09. The minimum absolute atomic E-state index is 0.00219. The third kappa shape index (κ3) is 3.80. The Morgan fingerprint density at radius 2 is 2.11 bits per heavy atom. The van der Waals surface area contributed by atoms with Gasteiger partial charge in [0.15, 0.2) is 0 Å². The van der Waals surface area contributed by atoms with E-state index in [1.807, 2.05) is 36.4 Å². The molecule has 1 aromatic carbocycles. The second kappa shape index (κ2) is 7.40. The van der Waals surface area contributed by atoms with Gasteiger partial charge in [0, 0.05) is 32.8 Å². The molecular weight excluding hydrogens is 362 g/mol. The summed E-state index contributed by atoms with van der Waals surface area (Å²) in [6, 6.07) is 11.5. The Kier molecular flexibility index (Phi) is 4.81. The molecular formula is C19H19N5O2S. The van der Waals surface area contributed by atoms with Gasteiger partial charge in [0.1, 0.15) is 11.0 Å². The number of carbonyl (C=O) groups is 2. The standard InChI is InChI=1S/C19H19N5O2S/c1-23(10-13-5-6-16-17(8-13)22-27-21-16)19(26)14-9-18(25)24(11-14)12-15-4-2-3-7-20-15/h2-8,14H,9-12H2,1H3/t14-/m1/s1. The molecule has 1 saturated heterocycles. The highest BCUT2D eigenvalue weighted by Gasteiger charge is 2.35. The van der Waals surface area contributed by atoms with Crippen molar-refractivity contribution in [2.45, 2.75) is 19.5 Å². The van der Waals surface area contributed by atoms with Crippen LogP contribution < -0.4 is 0 Å². The lowest BCUT2D eigenvalue weighted by atomic mass is 10.1. The smallest absolute Gasteiger partial charge is 0.228 e. The number of likely N-dealkylation sites (tertiary alicyclic amines) is 1. The summed E-state index contributed by atoms with van der Waals surface area (Å²) in [5.41, 5.74) is 3.54. The van der Waals surface area contributed by atoms with E-state index in [-0.39, 0.29) is 24.2 Å². The van der Waals surface area contributed by atoms with Gasteiger partial charge in [0.25, 0.3) is 0 Å². The molecule has 0 radical (unpaired) electrons. The zero-order valence-electron chi connectivity index (χ0n) is 14.9. The van der Waals surface area contributed by atoms with Gasteiger partial charge in [-0.2, -0.15) is 8.75 Å². The third-order valence-electron chi connectivity index (χ3n) is 4.76. The Morgan fingerprint density at radius 3 is 2.93 bits per heavy atom. The van der Waals surface area contributed by atoms with Gasteiger partial charge < -0.3 is 9.80 Å². The van der Waals surface area contributed by atoms with E-state index >= 15 is 0 Å². The third-order valence-corrected chi connectivity index (χ3v) is 5.31. The van der Waals surface area contributed by atoms with Gasteiger partial charge in [-0.25, -0.2) is 0 Å². The molecule has 0 saturated carbocycles. The van der Waals surface area contributed by atoms with Crippen LogP contribution in [0.4, 0.5) is 0 Å². The van der Waals surface area contributed by atoms with E-state index in [2.05, 4.69) is 13.7 Å². The van der Waals surface area contributed by atoms with E-state index in [9.17, 15) is 9.59 Å². The number of hydrogen-bond donors (Lipinski definition) is 0. The average molecular weight is 381 g/mol. The van der Waals surface area contributed by atoms with Gasteiger partial charge in [0.05, 0.1) is 29.9 Å². The zero-order valence-corrected chi connectivity index (χ0v) is 15.7. The Hall–Kier alpha value is -2.87. The lowest BCUT2D eigenvalue weighted by Gasteiger charge is -2.21. The number of carbonyl (C=O) groups excluding carboxylic acids is 2. The van der Waals surface area contributed by atoms with E-state index < -0.39 is 0 Å². The van der Waals surface area contributed by atoms with Crippen molar-refractivity contribution in [2.24, 2.45) is 5.92 Å². The largest absolute Gasteiger partial charge is 0.341 e. The number of rotatable bonds is 5. The fourth-order valence-electron chi connectivity index (χ4n) is 3.37. The van der Waals surface area contributed by atoms with Crippen molar-refractivity contribution in [3.05, 3.63) is 53.9 Å². The van der Waals surface area contributed by atoms with Crippen LogP contribution in [0, 0.1) is 5.92 Å². The zero-order chi connectivity index (χ0) is 18.8. The molecule has 138 valence electrons. The Balaban J connectivity index is 1.39. The molecule has 0 spiro atoms. The minimum Gasteiger partial charge on any atom is -0.341 e. The second-order valence-corrected chi connectivity index (χ2v) is 7.31. The summed E-state index contributed by atoms with van der Waals surface area (Å²) >= 11 is 1.18. The van der Waals surface area contributed by atoms with Crippen LogP contribution in [0.5, 0.6) is 0 Å². The monoisotopic (exact) mass is 381 g/mol. The first-order valence-corrected chi connectivity index (χ1v) is 9.47. The fourth-order valence-corrected chi connectivity index (χ4v) is 3.88. The predicted molar refractivity (Wildman–Crippen MR) is 102 cm³/mol. The molecule has 1 aliphatic heterocycles. The van der Waals surface area contributed by atoms with E-state index in [4.69, 9.17) is 0 Å². The van der Waals surface area contributed by atoms with Crippen molar-refractivity contribution >= 4 is 34.6 Å². The Bertz CT molecular complexity index is 974. The SMILES string of the molecule is CN(Cc1ccc2nsnc2c1)C(=O)[C@@H]1CC(=O)N(Cc2ccccn2)C1. The van der Waals surface area contributed by atoms with Crippen LogP contribution in [0.3, 0.4) is 0 Å². The summed E-state index contributed by atoms with van der Waals surface area (Å²) in [4.78, 5) is 32.8. The number of aromatic nitrogens is 3. The highest BCUT2D eigenvalue weighted by atomic mass is 32.1. The first kappa shape index (κ1) is 17.5. The molecule has 0 aliphatic carbocycles. The van der Waals surface area contributed by atoms with Crippen LogP contribution in [0.2, 0.25) is 0 Å². The van der Waals surface area contributed by atoms with Crippen LogP contribution in [0.25, 0.3) is 11.0 Å². The van der Waals surface area contributed by atoms with Gasteiger partial charge in [0.2, 0.25) is 11.8 Å². The lowest BCUT2D eigenvalue weighted by Crippen LogP contribution is -2.34. The first-order valence-electron chi connectivity index (χ1n) is 8.74. The lowest BCUT2D eigenvalue weighted by molar-refractivity contribution is -0.135. The summed E-state index contributed by atoms with van der Waals surface area (Å²) in [7, 11) is 1.78.